The SMILES string of the molecule is Cc1nnc(CN2CCOC(c3ccc(Cl)c(Cl)c3)C2)s1. The number of aryl methyl sites for hydroxylation is 1. The number of benzene rings is 1. The molecular formula is C14H15Cl2N3OS. The molecule has 1 fully saturated rings. The van der Waals surface area contributed by atoms with E-state index in [4.69, 9.17) is 27.9 Å². The predicted molar refractivity (Wildman–Crippen MR) is 85.1 cm³/mol. The van der Waals surface area contributed by atoms with E-state index < -0.39 is 0 Å². The zero-order valence-electron chi connectivity index (χ0n) is 11.6. The molecule has 1 aromatic carbocycles. The molecule has 7 heteroatoms. The summed E-state index contributed by atoms with van der Waals surface area (Å²) in [5.74, 6) is 0. The van der Waals surface area contributed by atoms with Crippen LogP contribution < -0.4 is 0 Å². The Morgan fingerprint density at radius 3 is 2.90 bits per heavy atom. The Hall–Kier alpha value is -0.720. The molecule has 0 radical (unpaired) electrons. The van der Waals surface area contributed by atoms with Crippen molar-refractivity contribution in [1.82, 2.24) is 15.1 Å². The summed E-state index contributed by atoms with van der Waals surface area (Å²) in [4.78, 5) is 2.33. The quantitative estimate of drug-likeness (QED) is 0.851. The Labute approximate surface area is 137 Å². The second-order valence-electron chi connectivity index (χ2n) is 4.98. The molecule has 1 aromatic heterocycles. The van der Waals surface area contributed by atoms with Crippen LogP contribution in [-0.4, -0.2) is 34.8 Å². The van der Waals surface area contributed by atoms with Crippen molar-refractivity contribution < 1.29 is 4.74 Å². The Balaban J connectivity index is 1.68. The molecule has 0 amide bonds. The van der Waals surface area contributed by atoms with Gasteiger partial charge in [-0.2, -0.15) is 0 Å². The van der Waals surface area contributed by atoms with E-state index >= 15 is 0 Å². The summed E-state index contributed by atoms with van der Waals surface area (Å²) in [5.41, 5.74) is 1.06. The van der Waals surface area contributed by atoms with E-state index in [9.17, 15) is 0 Å². The molecule has 0 N–H and O–H groups in total. The Morgan fingerprint density at radius 2 is 2.19 bits per heavy atom. The van der Waals surface area contributed by atoms with E-state index in [0.29, 0.717) is 16.7 Å². The largest absolute Gasteiger partial charge is 0.371 e. The number of rotatable bonds is 3. The van der Waals surface area contributed by atoms with E-state index in [0.717, 1.165) is 35.2 Å². The van der Waals surface area contributed by atoms with Crippen LogP contribution >= 0.6 is 34.5 Å². The average Bonchev–Trinajstić information content (AvgIpc) is 2.87. The molecule has 1 saturated heterocycles. The fourth-order valence-electron chi connectivity index (χ4n) is 2.35. The summed E-state index contributed by atoms with van der Waals surface area (Å²) in [6, 6.07) is 5.67. The summed E-state index contributed by atoms with van der Waals surface area (Å²) >= 11 is 13.7. The van der Waals surface area contributed by atoms with Crippen molar-refractivity contribution >= 4 is 34.5 Å². The normalized spacial score (nSPS) is 19.9. The lowest BCUT2D eigenvalue weighted by Crippen LogP contribution is -2.37. The molecule has 1 atom stereocenters. The number of halogens is 2. The first-order valence-electron chi connectivity index (χ1n) is 6.69. The standard InChI is InChI=1S/C14H15Cl2N3OS/c1-9-17-18-14(21-9)8-19-4-5-20-13(7-19)10-2-3-11(15)12(16)6-10/h2-3,6,13H,4-5,7-8H2,1H3. The van der Waals surface area contributed by atoms with Crippen molar-refractivity contribution in [2.75, 3.05) is 19.7 Å². The van der Waals surface area contributed by atoms with Crippen molar-refractivity contribution in [1.29, 1.82) is 0 Å². The first kappa shape index (κ1) is 15.2. The lowest BCUT2D eigenvalue weighted by atomic mass is 10.1. The number of hydrogen-bond donors (Lipinski definition) is 0. The van der Waals surface area contributed by atoms with Gasteiger partial charge in [0.25, 0.3) is 0 Å². The third-order valence-corrected chi connectivity index (χ3v) is 4.96. The van der Waals surface area contributed by atoms with Gasteiger partial charge in [0.15, 0.2) is 0 Å². The summed E-state index contributed by atoms with van der Waals surface area (Å²) in [6.07, 6.45) is 0.0162. The number of aromatic nitrogens is 2. The minimum absolute atomic E-state index is 0.0162. The van der Waals surface area contributed by atoms with Gasteiger partial charge in [0.2, 0.25) is 0 Å². The molecule has 112 valence electrons. The summed E-state index contributed by atoms with van der Waals surface area (Å²) in [5, 5.41) is 11.4. The monoisotopic (exact) mass is 343 g/mol. The van der Waals surface area contributed by atoms with Gasteiger partial charge in [-0.25, -0.2) is 0 Å². The van der Waals surface area contributed by atoms with Crippen LogP contribution in [0.4, 0.5) is 0 Å². The smallest absolute Gasteiger partial charge is 0.131 e. The number of ether oxygens (including phenoxy) is 1. The Bertz CT molecular complexity index is 634. The van der Waals surface area contributed by atoms with E-state index in [1.54, 1.807) is 11.3 Å². The molecular weight excluding hydrogens is 329 g/mol. The third kappa shape index (κ3) is 3.73. The van der Waals surface area contributed by atoms with E-state index in [1.807, 2.05) is 25.1 Å². The van der Waals surface area contributed by atoms with Crippen molar-refractivity contribution in [3.05, 3.63) is 43.8 Å². The molecule has 21 heavy (non-hydrogen) atoms. The molecule has 1 unspecified atom stereocenters. The molecule has 2 heterocycles. The van der Waals surface area contributed by atoms with Crippen LogP contribution in [0.2, 0.25) is 10.0 Å². The zero-order valence-corrected chi connectivity index (χ0v) is 13.9. The fraction of sp³-hybridized carbons (Fsp3) is 0.429. The highest BCUT2D eigenvalue weighted by Crippen LogP contribution is 2.29. The van der Waals surface area contributed by atoms with Gasteiger partial charge in [-0.1, -0.05) is 29.3 Å². The Morgan fingerprint density at radius 1 is 1.33 bits per heavy atom. The molecule has 3 rings (SSSR count). The van der Waals surface area contributed by atoms with Gasteiger partial charge in [-0.3, -0.25) is 4.90 Å². The van der Waals surface area contributed by atoms with Gasteiger partial charge < -0.3 is 4.74 Å². The maximum Gasteiger partial charge on any atom is 0.131 e. The summed E-state index contributed by atoms with van der Waals surface area (Å²) in [7, 11) is 0. The second-order valence-corrected chi connectivity index (χ2v) is 7.06. The lowest BCUT2D eigenvalue weighted by molar-refractivity contribution is -0.0329. The van der Waals surface area contributed by atoms with Gasteiger partial charge in [0.1, 0.15) is 10.0 Å². The van der Waals surface area contributed by atoms with Crippen LogP contribution in [-0.2, 0) is 11.3 Å². The molecule has 1 aliphatic rings. The molecule has 0 bridgehead atoms. The Kier molecular flexibility index (Phi) is 4.76. The third-order valence-electron chi connectivity index (χ3n) is 3.39. The van der Waals surface area contributed by atoms with Crippen LogP contribution in [0.3, 0.4) is 0 Å². The van der Waals surface area contributed by atoms with Gasteiger partial charge >= 0.3 is 0 Å². The molecule has 2 aromatic rings. The summed E-state index contributed by atoms with van der Waals surface area (Å²) < 4.78 is 5.86. The van der Waals surface area contributed by atoms with Crippen LogP contribution in [0.15, 0.2) is 18.2 Å². The number of nitrogens with zero attached hydrogens (tertiary/aromatic N) is 3. The molecule has 0 aliphatic carbocycles. The van der Waals surface area contributed by atoms with Crippen molar-refractivity contribution in [2.45, 2.75) is 19.6 Å². The van der Waals surface area contributed by atoms with E-state index in [1.165, 1.54) is 0 Å². The van der Waals surface area contributed by atoms with E-state index in [-0.39, 0.29) is 6.10 Å². The lowest BCUT2D eigenvalue weighted by Gasteiger charge is -2.32. The zero-order chi connectivity index (χ0) is 14.8. The minimum atomic E-state index is 0.0162. The topological polar surface area (TPSA) is 38.2 Å². The first-order valence-corrected chi connectivity index (χ1v) is 8.27. The maximum absolute atomic E-state index is 6.08. The van der Waals surface area contributed by atoms with Gasteiger partial charge in [-0.15, -0.1) is 21.5 Å². The summed E-state index contributed by atoms with van der Waals surface area (Å²) in [6.45, 7) is 5.20. The van der Waals surface area contributed by atoms with Gasteiger partial charge in [0.05, 0.1) is 29.3 Å². The maximum atomic E-state index is 6.08. The second kappa shape index (κ2) is 6.58. The van der Waals surface area contributed by atoms with Crippen LogP contribution in [0.25, 0.3) is 0 Å². The highest BCUT2D eigenvalue weighted by molar-refractivity contribution is 7.11. The highest BCUT2D eigenvalue weighted by atomic mass is 35.5. The van der Waals surface area contributed by atoms with Crippen molar-refractivity contribution in [3.8, 4) is 0 Å². The van der Waals surface area contributed by atoms with Gasteiger partial charge in [0, 0.05) is 13.1 Å². The predicted octanol–water partition coefficient (Wildman–Crippen LogP) is 3.73. The molecule has 4 nitrogen and oxygen atoms in total. The molecule has 1 aliphatic heterocycles. The van der Waals surface area contributed by atoms with Crippen LogP contribution in [0.5, 0.6) is 0 Å². The average molecular weight is 344 g/mol. The first-order chi connectivity index (χ1) is 10.1. The van der Waals surface area contributed by atoms with E-state index in [2.05, 4.69) is 15.1 Å². The number of morpholine rings is 1. The van der Waals surface area contributed by atoms with Gasteiger partial charge in [-0.05, 0) is 24.6 Å². The van der Waals surface area contributed by atoms with Crippen LogP contribution in [0, 0.1) is 6.92 Å². The molecule has 0 saturated carbocycles. The minimum Gasteiger partial charge on any atom is -0.371 e. The van der Waals surface area contributed by atoms with Crippen molar-refractivity contribution in [3.63, 3.8) is 0 Å². The van der Waals surface area contributed by atoms with Crippen LogP contribution in [0.1, 0.15) is 21.7 Å². The highest BCUT2D eigenvalue weighted by Gasteiger charge is 2.23. The molecule has 0 spiro atoms. The fourth-order valence-corrected chi connectivity index (χ4v) is 3.41. The van der Waals surface area contributed by atoms with Crippen molar-refractivity contribution in [2.24, 2.45) is 0 Å². The number of hydrogen-bond acceptors (Lipinski definition) is 5.